The van der Waals surface area contributed by atoms with Crippen molar-refractivity contribution in [2.75, 3.05) is 12.4 Å². The van der Waals surface area contributed by atoms with Crippen LogP contribution in [0, 0.1) is 11.3 Å². The van der Waals surface area contributed by atoms with Gasteiger partial charge in [0.25, 0.3) is 0 Å². The van der Waals surface area contributed by atoms with Crippen molar-refractivity contribution in [3.05, 3.63) is 22.0 Å². The highest BCUT2D eigenvalue weighted by molar-refractivity contribution is 9.10. The molecule has 2 heterocycles. The highest BCUT2D eigenvalue weighted by atomic mass is 79.9. The molecule has 0 aliphatic heterocycles. The Morgan fingerprint density at radius 3 is 2.75 bits per heavy atom. The van der Waals surface area contributed by atoms with Gasteiger partial charge in [-0.1, -0.05) is 0 Å². The lowest BCUT2D eigenvalue weighted by molar-refractivity contribution is -0.107. The molecule has 1 aliphatic rings. The van der Waals surface area contributed by atoms with E-state index in [0.717, 1.165) is 47.6 Å². The molecule has 6 nitrogen and oxygen atoms in total. The van der Waals surface area contributed by atoms with Crippen molar-refractivity contribution in [1.29, 1.82) is 5.26 Å². The van der Waals surface area contributed by atoms with E-state index in [0.29, 0.717) is 23.2 Å². The minimum Gasteiger partial charge on any atom is -0.444 e. The second kappa shape index (κ2) is 7.32. The predicted octanol–water partition coefficient (Wildman–Crippen LogP) is 3.15. The predicted molar refractivity (Wildman–Crippen MR) is 94.9 cm³/mol. The molecule has 2 aromatic heterocycles. The molecule has 0 spiro atoms. The summed E-state index contributed by atoms with van der Waals surface area (Å²) in [5.74, 6) is 0.902. The van der Waals surface area contributed by atoms with Gasteiger partial charge >= 0.3 is 0 Å². The third-order valence-corrected chi connectivity index (χ3v) is 5.41. The number of nitrogens with zero attached hydrogens (tertiary/aromatic N) is 2. The lowest BCUT2D eigenvalue weighted by atomic mass is 9.91. The van der Waals surface area contributed by atoms with Crippen LogP contribution in [0.25, 0.3) is 11.0 Å². The monoisotopic (exact) mass is 390 g/mol. The van der Waals surface area contributed by atoms with Crippen molar-refractivity contribution in [2.45, 2.75) is 44.2 Å². The van der Waals surface area contributed by atoms with Gasteiger partial charge in [-0.15, -0.1) is 0 Å². The van der Waals surface area contributed by atoms with Gasteiger partial charge in [-0.2, -0.15) is 5.26 Å². The molecule has 0 unspecified atom stereocenters. The maximum Gasteiger partial charge on any atom is 0.208 e. The molecule has 1 saturated carbocycles. The quantitative estimate of drug-likeness (QED) is 0.761. The molecule has 0 radical (unpaired) electrons. The van der Waals surface area contributed by atoms with Gasteiger partial charge in [-0.3, -0.25) is 0 Å². The fraction of sp³-hybridized carbons (Fsp3) is 0.471. The highest BCUT2D eigenvalue weighted by Gasteiger charge is 2.23. The van der Waals surface area contributed by atoms with Crippen LogP contribution in [0.5, 0.6) is 0 Å². The van der Waals surface area contributed by atoms with Gasteiger partial charge < -0.3 is 19.8 Å². The summed E-state index contributed by atoms with van der Waals surface area (Å²) < 4.78 is 6.25. The van der Waals surface area contributed by atoms with E-state index in [1.165, 1.54) is 0 Å². The van der Waals surface area contributed by atoms with Crippen LogP contribution >= 0.6 is 15.9 Å². The van der Waals surface area contributed by atoms with E-state index < -0.39 is 0 Å². The van der Waals surface area contributed by atoms with Crippen LogP contribution in [0.15, 0.2) is 15.1 Å². The number of fused-ring (bicyclic) bond motifs is 1. The molecule has 1 aliphatic carbocycles. The summed E-state index contributed by atoms with van der Waals surface area (Å²) in [7, 11) is 2.00. The molecule has 0 atom stereocenters. The fourth-order valence-corrected chi connectivity index (χ4v) is 3.95. The lowest BCUT2D eigenvalue weighted by Gasteiger charge is -2.29. The van der Waals surface area contributed by atoms with Gasteiger partial charge in [0.1, 0.15) is 18.2 Å². The maximum atomic E-state index is 11.0. The zero-order valence-corrected chi connectivity index (χ0v) is 15.0. The van der Waals surface area contributed by atoms with Crippen LogP contribution in [-0.4, -0.2) is 30.4 Å². The largest absolute Gasteiger partial charge is 0.444 e. The van der Waals surface area contributed by atoms with E-state index in [9.17, 15) is 10.1 Å². The number of hydrogen-bond acceptors (Lipinski definition) is 6. The van der Waals surface area contributed by atoms with E-state index in [1.54, 1.807) is 6.20 Å². The Hall–Kier alpha value is -1.91. The number of hydrogen-bond donors (Lipinski definition) is 2. The average Bonchev–Trinajstić information content (AvgIpc) is 2.97. The molecule has 0 amide bonds. The Bertz CT molecular complexity index is 788. The van der Waals surface area contributed by atoms with E-state index in [-0.39, 0.29) is 12.2 Å². The molecule has 2 N–H and O–H groups in total. The molecule has 2 aromatic rings. The summed E-state index contributed by atoms with van der Waals surface area (Å²) in [5, 5.41) is 16.8. The number of rotatable bonds is 5. The van der Waals surface area contributed by atoms with E-state index in [2.05, 4.69) is 31.5 Å². The van der Waals surface area contributed by atoms with E-state index >= 15 is 0 Å². The standard InChI is InChI=1S/C17H19BrN4O2/c1-20-10-2-4-11(5-3-10)22-17-16(18)15-12(6-7-23)13(8-19)24-14(15)9-21-17/h7,9-11,20H,2-6H2,1H3,(H,21,22). The number of halogens is 1. The van der Waals surface area contributed by atoms with Crippen LogP contribution in [0.3, 0.4) is 0 Å². The van der Waals surface area contributed by atoms with Crippen LogP contribution in [0.2, 0.25) is 0 Å². The van der Waals surface area contributed by atoms with Gasteiger partial charge in [0, 0.05) is 29.5 Å². The number of nitrogens with one attached hydrogen (secondary N) is 2. The SMILES string of the molecule is CNC1CCC(Nc2ncc3oc(C#N)c(CC=O)c3c2Br)CC1. The minimum absolute atomic E-state index is 0.144. The van der Waals surface area contributed by atoms with Crippen LogP contribution < -0.4 is 10.6 Å². The smallest absolute Gasteiger partial charge is 0.208 e. The number of pyridine rings is 1. The third-order valence-electron chi connectivity index (χ3n) is 4.64. The second-order valence-electron chi connectivity index (χ2n) is 6.03. The molecule has 0 bridgehead atoms. The molecular weight excluding hydrogens is 372 g/mol. The normalized spacial score (nSPS) is 20.7. The number of nitriles is 1. The van der Waals surface area contributed by atoms with Crippen molar-refractivity contribution in [1.82, 2.24) is 10.3 Å². The number of furan rings is 1. The number of carbonyl (C=O) groups is 1. The maximum absolute atomic E-state index is 11.0. The van der Waals surface area contributed by atoms with Gasteiger partial charge in [0.2, 0.25) is 5.76 Å². The summed E-state index contributed by atoms with van der Waals surface area (Å²) in [4.78, 5) is 15.4. The Morgan fingerprint density at radius 1 is 1.42 bits per heavy atom. The Labute approximate surface area is 148 Å². The van der Waals surface area contributed by atoms with Crippen LogP contribution in [0.1, 0.15) is 37.0 Å². The van der Waals surface area contributed by atoms with E-state index in [4.69, 9.17) is 4.42 Å². The van der Waals surface area contributed by atoms with Crippen LogP contribution in [-0.2, 0) is 11.2 Å². The Balaban J connectivity index is 1.90. The summed E-state index contributed by atoms with van der Waals surface area (Å²) in [6.07, 6.45) is 6.96. The van der Waals surface area contributed by atoms with E-state index in [1.807, 2.05) is 13.1 Å². The molecule has 7 heteroatoms. The highest BCUT2D eigenvalue weighted by Crippen LogP contribution is 2.36. The molecule has 126 valence electrons. The summed E-state index contributed by atoms with van der Waals surface area (Å²) in [6, 6.07) is 2.97. The Kier molecular flexibility index (Phi) is 5.17. The van der Waals surface area contributed by atoms with Gasteiger partial charge in [-0.05, 0) is 48.7 Å². The van der Waals surface area contributed by atoms with Crippen molar-refractivity contribution in [2.24, 2.45) is 0 Å². The molecule has 24 heavy (non-hydrogen) atoms. The lowest BCUT2D eigenvalue weighted by Crippen LogP contribution is -2.35. The zero-order chi connectivity index (χ0) is 17.1. The van der Waals surface area contributed by atoms with Gasteiger partial charge in [0.15, 0.2) is 5.58 Å². The first-order chi connectivity index (χ1) is 11.7. The number of anilines is 1. The Morgan fingerprint density at radius 2 is 2.12 bits per heavy atom. The first kappa shape index (κ1) is 16.9. The van der Waals surface area contributed by atoms with Crippen molar-refractivity contribution < 1.29 is 9.21 Å². The summed E-state index contributed by atoms with van der Waals surface area (Å²) in [6.45, 7) is 0. The third kappa shape index (κ3) is 3.17. The topological polar surface area (TPSA) is 90.9 Å². The molecule has 0 saturated heterocycles. The number of carbonyl (C=O) groups excluding carboxylic acids is 1. The van der Waals surface area contributed by atoms with Gasteiger partial charge in [-0.25, -0.2) is 4.98 Å². The molecule has 1 fully saturated rings. The fourth-order valence-electron chi connectivity index (χ4n) is 3.30. The number of aldehydes is 1. The second-order valence-corrected chi connectivity index (χ2v) is 6.83. The minimum atomic E-state index is 0.144. The van der Waals surface area contributed by atoms with Crippen molar-refractivity contribution in [3.63, 3.8) is 0 Å². The first-order valence-electron chi connectivity index (χ1n) is 8.05. The first-order valence-corrected chi connectivity index (χ1v) is 8.84. The summed E-state index contributed by atoms with van der Waals surface area (Å²) in [5.41, 5.74) is 1.12. The van der Waals surface area contributed by atoms with Crippen molar-refractivity contribution in [3.8, 4) is 6.07 Å². The molecule has 0 aromatic carbocycles. The number of aromatic nitrogens is 1. The average molecular weight is 391 g/mol. The van der Waals surface area contributed by atoms with Crippen molar-refractivity contribution >= 4 is 39.0 Å². The zero-order valence-electron chi connectivity index (χ0n) is 13.4. The summed E-state index contributed by atoms with van der Waals surface area (Å²) >= 11 is 3.57. The molecular formula is C17H19BrN4O2. The molecule has 3 rings (SSSR count). The van der Waals surface area contributed by atoms with Gasteiger partial charge in [0.05, 0.1) is 10.7 Å². The van der Waals surface area contributed by atoms with Crippen LogP contribution in [0.4, 0.5) is 5.82 Å².